The number of unbranched alkanes of at least 4 members (excludes halogenated alkanes) is 1. The van der Waals surface area contributed by atoms with Crippen LogP contribution in [0.2, 0.25) is 0 Å². The van der Waals surface area contributed by atoms with Crippen LogP contribution in [0.3, 0.4) is 0 Å². The molecule has 130 valence electrons. The number of pyridine rings is 1. The van der Waals surface area contributed by atoms with Gasteiger partial charge in [0.25, 0.3) is 0 Å². The summed E-state index contributed by atoms with van der Waals surface area (Å²) in [5, 5.41) is 3.40. The minimum atomic E-state index is 0.793. The molecule has 2 aromatic rings. The molecule has 0 unspecified atom stereocenters. The van der Waals surface area contributed by atoms with Gasteiger partial charge in [-0.05, 0) is 57.1 Å². The van der Waals surface area contributed by atoms with E-state index in [1.165, 1.54) is 17.7 Å². The summed E-state index contributed by atoms with van der Waals surface area (Å²) >= 11 is 0. The van der Waals surface area contributed by atoms with E-state index in [0.29, 0.717) is 0 Å². The van der Waals surface area contributed by atoms with Crippen molar-refractivity contribution < 1.29 is 0 Å². The Morgan fingerprint density at radius 3 is 2.92 bits per heavy atom. The lowest BCUT2D eigenvalue weighted by Gasteiger charge is -2.17. The Kier molecular flexibility index (Phi) is 5.94. The molecule has 0 saturated heterocycles. The lowest BCUT2D eigenvalue weighted by molar-refractivity contribution is 0.722. The standard InChI is InChI=1S/C21H26N4/c1-16(9-10-18-14-23-17(2)24-15-18)6-3-4-8-20-12-11-19-7-5-13-22-21(19)25-20/h9-12,14-15H,1,3-8,13H2,2H3,(H,22,25)/b10-9+. The summed E-state index contributed by atoms with van der Waals surface area (Å²) in [6, 6.07) is 4.41. The molecule has 0 radical (unpaired) electrons. The predicted molar refractivity (Wildman–Crippen MR) is 104 cm³/mol. The maximum absolute atomic E-state index is 4.75. The molecule has 3 rings (SSSR count). The lowest BCUT2D eigenvalue weighted by Crippen LogP contribution is -2.13. The minimum Gasteiger partial charge on any atom is -0.370 e. The van der Waals surface area contributed by atoms with E-state index in [9.17, 15) is 0 Å². The maximum Gasteiger partial charge on any atom is 0.129 e. The smallest absolute Gasteiger partial charge is 0.129 e. The van der Waals surface area contributed by atoms with Crippen LogP contribution in [0.4, 0.5) is 5.82 Å². The summed E-state index contributed by atoms with van der Waals surface area (Å²) in [6.45, 7) is 7.07. The molecule has 1 aliphatic rings. The van der Waals surface area contributed by atoms with Gasteiger partial charge in [-0.15, -0.1) is 0 Å². The zero-order valence-corrected chi connectivity index (χ0v) is 15.0. The Balaban J connectivity index is 1.40. The molecule has 25 heavy (non-hydrogen) atoms. The van der Waals surface area contributed by atoms with E-state index in [1.807, 2.05) is 25.4 Å². The maximum atomic E-state index is 4.75. The normalized spacial score (nSPS) is 13.5. The zero-order valence-electron chi connectivity index (χ0n) is 15.0. The van der Waals surface area contributed by atoms with Gasteiger partial charge in [0.15, 0.2) is 0 Å². The fourth-order valence-corrected chi connectivity index (χ4v) is 2.95. The van der Waals surface area contributed by atoms with E-state index in [0.717, 1.165) is 61.4 Å². The van der Waals surface area contributed by atoms with E-state index in [4.69, 9.17) is 4.98 Å². The molecule has 4 heteroatoms. The second-order valence-corrected chi connectivity index (χ2v) is 6.60. The Morgan fingerprint density at radius 2 is 2.08 bits per heavy atom. The highest BCUT2D eigenvalue weighted by molar-refractivity contribution is 5.50. The van der Waals surface area contributed by atoms with Crippen LogP contribution in [0.25, 0.3) is 6.08 Å². The molecule has 0 saturated carbocycles. The first-order valence-electron chi connectivity index (χ1n) is 9.08. The van der Waals surface area contributed by atoms with Gasteiger partial charge in [-0.25, -0.2) is 15.0 Å². The van der Waals surface area contributed by atoms with Crippen molar-refractivity contribution in [3.8, 4) is 0 Å². The molecule has 0 spiro atoms. The highest BCUT2D eigenvalue weighted by atomic mass is 15.0. The van der Waals surface area contributed by atoms with Gasteiger partial charge in [0.05, 0.1) is 0 Å². The summed E-state index contributed by atoms with van der Waals surface area (Å²) in [4.78, 5) is 13.1. The molecule has 0 aliphatic carbocycles. The first kappa shape index (κ1) is 17.3. The largest absolute Gasteiger partial charge is 0.370 e. The second kappa shape index (κ2) is 8.56. The highest BCUT2D eigenvalue weighted by Crippen LogP contribution is 2.20. The Morgan fingerprint density at radius 1 is 1.24 bits per heavy atom. The van der Waals surface area contributed by atoms with Crippen molar-refractivity contribution in [3.63, 3.8) is 0 Å². The SMILES string of the molecule is C=C(/C=C/c1cnc(C)nc1)CCCCc1ccc2c(n1)NCCC2. The van der Waals surface area contributed by atoms with Gasteiger partial charge in [-0.2, -0.15) is 0 Å². The van der Waals surface area contributed by atoms with Crippen molar-refractivity contribution in [2.24, 2.45) is 0 Å². The molecular weight excluding hydrogens is 308 g/mol. The van der Waals surface area contributed by atoms with E-state index in [2.05, 4.69) is 40.1 Å². The van der Waals surface area contributed by atoms with Crippen LogP contribution in [0.15, 0.2) is 42.8 Å². The molecule has 0 fully saturated rings. The number of aromatic nitrogens is 3. The number of aryl methyl sites for hydroxylation is 3. The second-order valence-electron chi connectivity index (χ2n) is 6.60. The number of nitrogens with zero attached hydrogens (tertiary/aromatic N) is 3. The van der Waals surface area contributed by atoms with Crippen LogP contribution in [-0.4, -0.2) is 21.5 Å². The summed E-state index contributed by atoms with van der Waals surface area (Å²) in [5.41, 5.74) is 4.69. The van der Waals surface area contributed by atoms with Crippen molar-refractivity contribution in [2.45, 2.75) is 45.4 Å². The van der Waals surface area contributed by atoms with E-state index < -0.39 is 0 Å². The van der Waals surface area contributed by atoms with Gasteiger partial charge >= 0.3 is 0 Å². The summed E-state index contributed by atoms with van der Waals surface area (Å²) < 4.78 is 0. The van der Waals surface area contributed by atoms with Gasteiger partial charge in [-0.3, -0.25) is 0 Å². The zero-order chi connectivity index (χ0) is 17.5. The summed E-state index contributed by atoms with van der Waals surface area (Å²) in [5.74, 6) is 1.89. The quantitative estimate of drug-likeness (QED) is 0.597. The lowest BCUT2D eigenvalue weighted by atomic mass is 10.0. The molecule has 0 atom stereocenters. The third-order valence-corrected chi connectivity index (χ3v) is 4.45. The van der Waals surface area contributed by atoms with Crippen molar-refractivity contribution in [2.75, 3.05) is 11.9 Å². The molecule has 0 bridgehead atoms. The van der Waals surface area contributed by atoms with Crippen LogP contribution in [0.1, 0.15) is 48.3 Å². The molecule has 0 aromatic carbocycles. The van der Waals surface area contributed by atoms with Gasteiger partial charge in [0, 0.05) is 30.2 Å². The van der Waals surface area contributed by atoms with E-state index in [-0.39, 0.29) is 0 Å². The average Bonchev–Trinajstić information content (AvgIpc) is 2.64. The first-order chi connectivity index (χ1) is 12.2. The van der Waals surface area contributed by atoms with Crippen LogP contribution >= 0.6 is 0 Å². The monoisotopic (exact) mass is 334 g/mol. The number of rotatable bonds is 7. The van der Waals surface area contributed by atoms with Crippen molar-refractivity contribution in [1.29, 1.82) is 0 Å². The van der Waals surface area contributed by atoms with Crippen molar-refractivity contribution in [1.82, 2.24) is 15.0 Å². The molecule has 4 nitrogen and oxygen atoms in total. The van der Waals surface area contributed by atoms with E-state index >= 15 is 0 Å². The highest BCUT2D eigenvalue weighted by Gasteiger charge is 2.09. The fourth-order valence-electron chi connectivity index (χ4n) is 2.95. The Hall–Kier alpha value is -2.49. The molecule has 0 amide bonds. The van der Waals surface area contributed by atoms with Gasteiger partial charge in [-0.1, -0.05) is 30.4 Å². The number of hydrogen-bond acceptors (Lipinski definition) is 4. The van der Waals surface area contributed by atoms with Crippen LogP contribution in [-0.2, 0) is 12.8 Å². The number of anilines is 1. The average molecular weight is 334 g/mol. The summed E-state index contributed by atoms with van der Waals surface area (Å²) in [6.07, 6.45) is 14.4. The topological polar surface area (TPSA) is 50.7 Å². The van der Waals surface area contributed by atoms with Crippen molar-refractivity contribution >= 4 is 11.9 Å². The molecular formula is C21H26N4. The number of allylic oxidation sites excluding steroid dienone is 2. The molecule has 2 aromatic heterocycles. The van der Waals surface area contributed by atoms with E-state index in [1.54, 1.807) is 0 Å². The molecule has 1 aliphatic heterocycles. The minimum absolute atomic E-state index is 0.793. The summed E-state index contributed by atoms with van der Waals surface area (Å²) in [7, 11) is 0. The van der Waals surface area contributed by atoms with Crippen LogP contribution < -0.4 is 5.32 Å². The molecule has 1 N–H and O–H groups in total. The van der Waals surface area contributed by atoms with Crippen LogP contribution in [0.5, 0.6) is 0 Å². The third kappa shape index (κ3) is 5.24. The number of hydrogen-bond donors (Lipinski definition) is 1. The van der Waals surface area contributed by atoms with Gasteiger partial charge in [0.2, 0.25) is 0 Å². The first-order valence-corrected chi connectivity index (χ1v) is 9.08. The van der Waals surface area contributed by atoms with Crippen LogP contribution in [0, 0.1) is 6.92 Å². The number of fused-ring (bicyclic) bond motifs is 1. The molecule has 3 heterocycles. The number of nitrogens with one attached hydrogen (secondary N) is 1. The predicted octanol–water partition coefficient (Wildman–Crippen LogP) is 4.52. The van der Waals surface area contributed by atoms with Gasteiger partial charge < -0.3 is 5.32 Å². The third-order valence-electron chi connectivity index (χ3n) is 4.45. The van der Waals surface area contributed by atoms with Crippen molar-refractivity contribution in [3.05, 3.63) is 65.4 Å². The Bertz CT molecular complexity index is 747. The Labute approximate surface area is 150 Å². The van der Waals surface area contributed by atoms with Gasteiger partial charge in [0.1, 0.15) is 11.6 Å². The fraction of sp³-hybridized carbons (Fsp3) is 0.381.